The molecule has 1 amide bonds. The molecular weight excluding hydrogens is 528 g/mol. The Morgan fingerprint density at radius 2 is 1.71 bits per heavy atom. The number of pyridine rings is 1. The largest absolute Gasteiger partial charge is 0.444 e. The minimum atomic E-state index is -0.556. The fourth-order valence-corrected chi connectivity index (χ4v) is 6.53. The first kappa shape index (κ1) is 26.4. The normalized spacial score (nSPS) is 18.6. The van der Waals surface area contributed by atoms with Gasteiger partial charge in [-0.1, -0.05) is 42.5 Å². The summed E-state index contributed by atoms with van der Waals surface area (Å²) in [4.78, 5) is 52.6. The van der Waals surface area contributed by atoms with Gasteiger partial charge < -0.3 is 14.6 Å². The second kappa shape index (κ2) is 9.28. The summed E-state index contributed by atoms with van der Waals surface area (Å²) < 4.78 is 5.72. The number of para-hydroxylation sites is 1. The number of nitrogens with one attached hydrogen (secondary N) is 1. The van der Waals surface area contributed by atoms with Crippen molar-refractivity contribution in [2.24, 2.45) is 0 Å². The molecule has 0 radical (unpaired) electrons. The maximum absolute atomic E-state index is 13.6. The van der Waals surface area contributed by atoms with Gasteiger partial charge in [0.05, 0.1) is 23.2 Å². The van der Waals surface area contributed by atoms with Crippen molar-refractivity contribution in [2.45, 2.75) is 58.1 Å². The zero-order valence-electron chi connectivity index (χ0n) is 24.4. The smallest absolute Gasteiger partial charge is 0.410 e. The summed E-state index contributed by atoms with van der Waals surface area (Å²) in [6.07, 6.45) is 3.21. The third-order valence-electron chi connectivity index (χ3n) is 8.70. The van der Waals surface area contributed by atoms with Crippen molar-refractivity contribution in [3.05, 3.63) is 71.5 Å². The minimum absolute atomic E-state index is 0.166. The molecule has 2 aromatic heterocycles. The van der Waals surface area contributed by atoms with E-state index in [4.69, 9.17) is 9.72 Å². The molecule has 2 aliphatic carbocycles. The van der Waals surface area contributed by atoms with Crippen molar-refractivity contribution in [3.63, 3.8) is 0 Å². The van der Waals surface area contributed by atoms with E-state index in [1.54, 1.807) is 0 Å². The molecule has 0 bridgehead atoms. The van der Waals surface area contributed by atoms with Crippen LogP contribution in [0.5, 0.6) is 0 Å². The zero-order chi connectivity index (χ0) is 29.4. The maximum Gasteiger partial charge on any atom is 0.410 e. The standard InChI is InChI=1S/C34H34N4O4/c1-20-8-7-11-23-24(18-35-30(20)23)28-25(39)17-26(40)29(28)31-22-10-6-5-9-21(22)16-27(36-31)37-14-15-38(34(19-37)12-13-34)32(41)42-33(2,3)4/h5-11,16,18,35H,12-15,17,19H2,1-4H3. The Morgan fingerprint density at radius 1 is 0.976 bits per heavy atom. The number of rotatable bonds is 3. The monoisotopic (exact) mass is 562 g/mol. The van der Waals surface area contributed by atoms with Crippen LogP contribution in [0.3, 0.4) is 0 Å². The summed E-state index contributed by atoms with van der Waals surface area (Å²) in [5.74, 6) is 0.351. The van der Waals surface area contributed by atoms with E-state index in [1.165, 1.54) is 0 Å². The maximum atomic E-state index is 13.6. The molecule has 0 unspecified atom stereocenters. The number of amides is 1. The number of Topliss-reactive ketones (excluding diaryl/α,β-unsaturated/α-hetero) is 2. The number of hydrogen-bond acceptors (Lipinski definition) is 6. The summed E-state index contributed by atoms with van der Waals surface area (Å²) in [7, 11) is 0. The Labute approximate surface area is 244 Å². The topological polar surface area (TPSA) is 95.6 Å². The van der Waals surface area contributed by atoms with E-state index < -0.39 is 5.60 Å². The highest BCUT2D eigenvalue weighted by Gasteiger charge is 2.54. The average molecular weight is 563 g/mol. The molecule has 0 atom stereocenters. The average Bonchev–Trinajstić information content (AvgIpc) is 3.44. The number of allylic oxidation sites excluding steroid dienone is 2. The predicted octanol–water partition coefficient (Wildman–Crippen LogP) is 6.07. The molecule has 2 fully saturated rings. The van der Waals surface area contributed by atoms with Crippen molar-refractivity contribution >= 4 is 56.3 Å². The van der Waals surface area contributed by atoms with E-state index in [2.05, 4.69) is 16.0 Å². The summed E-state index contributed by atoms with van der Waals surface area (Å²) in [5.41, 5.74) is 3.28. The number of hydrogen-bond donors (Lipinski definition) is 1. The lowest BCUT2D eigenvalue weighted by atomic mass is 9.95. The van der Waals surface area contributed by atoms with Gasteiger partial charge in [0.25, 0.3) is 0 Å². The van der Waals surface area contributed by atoms with Crippen LogP contribution in [0.15, 0.2) is 54.7 Å². The van der Waals surface area contributed by atoms with Crippen molar-refractivity contribution in [2.75, 3.05) is 24.5 Å². The minimum Gasteiger partial charge on any atom is -0.444 e. The number of fused-ring (bicyclic) bond motifs is 2. The number of H-pyrrole nitrogens is 1. The van der Waals surface area contributed by atoms with Crippen molar-refractivity contribution in [3.8, 4) is 0 Å². The Kier molecular flexibility index (Phi) is 5.84. The number of aryl methyl sites for hydroxylation is 1. The molecule has 1 aliphatic heterocycles. The van der Waals surface area contributed by atoms with Crippen molar-refractivity contribution in [1.29, 1.82) is 0 Å². The molecule has 42 heavy (non-hydrogen) atoms. The highest BCUT2D eigenvalue weighted by atomic mass is 16.6. The van der Waals surface area contributed by atoms with Crippen LogP contribution in [0.1, 0.15) is 56.9 Å². The van der Waals surface area contributed by atoms with Gasteiger partial charge in [0.2, 0.25) is 0 Å². The van der Waals surface area contributed by atoms with Gasteiger partial charge in [0.1, 0.15) is 11.4 Å². The Balaban J connectivity index is 1.33. The third-order valence-corrected chi connectivity index (χ3v) is 8.70. The van der Waals surface area contributed by atoms with E-state index in [0.717, 1.165) is 51.5 Å². The van der Waals surface area contributed by atoms with Gasteiger partial charge in [-0.2, -0.15) is 0 Å². The number of aromatic nitrogens is 2. The molecule has 1 saturated heterocycles. The van der Waals surface area contributed by atoms with Gasteiger partial charge in [0, 0.05) is 53.3 Å². The Morgan fingerprint density at radius 3 is 2.48 bits per heavy atom. The lowest BCUT2D eigenvalue weighted by Crippen LogP contribution is -2.58. The Hall–Kier alpha value is -4.46. The number of carbonyl (C=O) groups excluding carboxylic acids is 3. The molecule has 1 saturated carbocycles. The second-order valence-electron chi connectivity index (χ2n) is 12.8. The van der Waals surface area contributed by atoms with Gasteiger partial charge in [-0.25, -0.2) is 9.78 Å². The number of piperazine rings is 1. The fraction of sp³-hybridized carbons (Fsp3) is 0.353. The van der Waals surface area contributed by atoms with E-state index >= 15 is 0 Å². The summed E-state index contributed by atoms with van der Waals surface area (Å²) in [6.45, 7) is 9.43. The van der Waals surface area contributed by atoms with Crippen LogP contribution in [0.25, 0.3) is 32.8 Å². The summed E-state index contributed by atoms with van der Waals surface area (Å²) >= 11 is 0. The number of carbonyl (C=O) groups is 3. The quantitative estimate of drug-likeness (QED) is 0.305. The summed E-state index contributed by atoms with van der Waals surface area (Å²) in [5, 5.41) is 2.70. The van der Waals surface area contributed by atoms with Crippen molar-refractivity contribution < 1.29 is 19.1 Å². The lowest BCUT2D eigenvalue weighted by Gasteiger charge is -2.43. The van der Waals surface area contributed by atoms with Gasteiger partial charge in [-0.15, -0.1) is 0 Å². The molecule has 3 aliphatic rings. The van der Waals surface area contributed by atoms with Crippen LogP contribution >= 0.6 is 0 Å². The molecule has 8 nitrogen and oxygen atoms in total. The number of aromatic amines is 1. The van der Waals surface area contributed by atoms with E-state index in [-0.39, 0.29) is 29.6 Å². The SMILES string of the molecule is Cc1cccc2c(C3=C(c4nc(N5CCN(C(=O)OC(C)(C)C)C6(CC6)C5)cc5ccccc45)C(=O)CC3=O)c[nH]c12. The number of ketones is 2. The van der Waals surface area contributed by atoms with Gasteiger partial charge in [0.15, 0.2) is 11.6 Å². The van der Waals surface area contributed by atoms with Crippen LogP contribution < -0.4 is 4.90 Å². The molecule has 7 rings (SSSR count). The molecule has 3 heterocycles. The number of nitrogens with zero attached hydrogens (tertiary/aromatic N) is 3. The predicted molar refractivity (Wildman–Crippen MR) is 163 cm³/mol. The highest BCUT2D eigenvalue weighted by Crippen LogP contribution is 2.46. The van der Waals surface area contributed by atoms with Crippen molar-refractivity contribution in [1.82, 2.24) is 14.9 Å². The molecule has 8 heteroatoms. The summed E-state index contributed by atoms with van der Waals surface area (Å²) in [6, 6.07) is 15.9. The molecule has 4 aromatic rings. The highest BCUT2D eigenvalue weighted by molar-refractivity contribution is 6.52. The first-order valence-electron chi connectivity index (χ1n) is 14.6. The Bertz CT molecular complexity index is 1840. The van der Waals surface area contributed by atoms with Gasteiger partial charge in [-0.3, -0.25) is 14.5 Å². The number of ether oxygens (including phenoxy) is 1. The zero-order valence-corrected chi connectivity index (χ0v) is 24.4. The van der Waals surface area contributed by atoms with E-state index in [9.17, 15) is 14.4 Å². The molecular formula is C34H34N4O4. The van der Waals surface area contributed by atoms with E-state index in [1.807, 2.05) is 81.3 Å². The van der Waals surface area contributed by atoms with Crippen LogP contribution in [0, 0.1) is 6.92 Å². The van der Waals surface area contributed by atoms with E-state index in [0.29, 0.717) is 36.5 Å². The number of benzene rings is 2. The first-order chi connectivity index (χ1) is 20.0. The van der Waals surface area contributed by atoms with Gasteiger partial charge in [-0.05, 0) is 57.6 Å². The second-order valence-corrected chi connectivity index (χ2v) is 12.8. The van der Waals surface area contributed by atoms with Crippen LogP contribution in [0.2, 0.25) is 0 Å². The molecule has 1 N–H and O–H groups in total. The first-order valence-corrected chi connectivity index (χ1v) is 14.6. The van der Waals surface area contributed by atoms with Crippen LogP contribution in [0.4, 0.5) is 10.6 Å². The lowest BCUT2D eigenvalue weighted by molar-refractivity contribution is -0.119. The number of anilines is 1. The van der Waals surface area contributed by atoms with Crippen LogP contribution in [-0.4, -0.2) is 63.3 Å². The molecule has 2 aromatic carbocycles. The van der Waals surface area contributed by atoms with Crippen LogP contribution in [-0.2, 0) is 14.3 Å². The molecule has 1 spiro atoms. The van der Waals surface area contributed by atoms with Gasteiger partial charge >= 0.3 is 6.09 Å². The molecule has 214 valence electrons. The fourth-order valence-electron chi connectivity index (χ4n) is 6.53. The third kappa shape index (κ3) is 4.28.